The average Bonchev–Trinajstić information content (AvgIpc) is 2.27. The molecule has 0 atom stereocenters. The molecule has 96 valence electrons. The Hall–Kier alpha value is -1.96. The molecule has 7 nitrogen and oxygen atoms in total. The van der Waals surface area contributed by atoms with E-state index in [1.807, 2.05) is 0 Å². The van der Waals surface area contributed by atoms with Crippen LogP contribution in [0.3, 0.4) is 0 Å². The number of nitro benzene ring substituents is 1. The van der Waals surface area contributed by atoms with Crippen molar-refractivity contribution in [2.24, 2.45) is 0 Å². The lowest BCUT2D eigenvalue weighted by molar-refractivity contribution is -0.385. The largest absolute Gasteiger partial charge is 0.480 e. The maximum atomic E-state index is 11.8. The number of carbonyl (C=O) groups excluding carboxylic acids is 1. The molecule has 0 unspecified atom stereocenters. The number of rotatable bonds is 4. The van der Waals surface area contributed by atoms with Crippen molar-refractivity contribution in [2.75, 3.05) is 13.6 Å². The molecule has 8 heteroatoms. The SMILES string of the molecule is CN(CC(=O)O)C(=O)c1ccc(Br)c([N+](=O)[O-])c1. The highest BCUT2D eigenvalue weighted by Crippen LogP contribution is 2.25. The third kappa shape index (κ3) is 3.27. The van der Waals surface area contributed by atoms with Crippen molar-refractivity contribution in [3.63, 3.8) is 0 Å². The van der Waals surface area contributed by atoms with E-state index in [1.165, 1.54) is 19.2 Å². The fourth-order valence-corrected chi connectivity index (χ4v) is 1.67. The molecule has 0 aliphatic rings. The van der Waals surface area contributed by atoms with E-state index < -0.39 is 23.3 Å². The summed E-state index contributed by atoms with van der Waals surface area (Å²) in [6, 6.07) is 3.86. The molecule has 0 bridgehead atoms. The van der Waals surface area contributed by atoms with Gasteiger partial charge in [0, 0.05) is 18.7 Å². The molecule has 0 aromatic heterocycles. The number of halogens is 1. The summed E-state index contributed by atoms with van der Waals surface area (Å²) >= 11 is 3.00. The zero-order valence-electron chi connectivity index (χ0n) is 9.29. The molecule has 0 aliphatic carbocycles. The van der Waals surface area contributed by atoms with Gasteiger partial charge in [0.1, 0.15) is 6.54 Å². The van der Waals surface area contributed by atoms with Crippen LogP contribution in [0, 0.1) is 10.1 Å². The van der Waals surface area contributed by atoms with Crippen LogP contribution in [0.1, 0.15) is 10.4 Å². The van der Waals surface area contributed by atoms with Crippen LogP contribution in [-0.2, 0) is 4.79 Å². The van der Waals surface area contributed by atoms with Crippen molar-refractivity contribution < 1.29 is 19.6 Å². The Morgan fingerprint density at radius 2 is 2.11 bits per heavy atom. The number of likely N-dealkylation sites (N-methyl/N-ethyl adjacent to an activating group) is 1. The molecule has 0 saturated heterocycles. The molecule has 1 N–H and O–H groups in total. The number of benzene rings is 1. The zero-order valence-corrected chi connectivity index (χ0v) is 10.9. The lowest BCUT2D eigenvalue weighted by Gasteiger charge is -2.14. The summed E-state index contributed by atoms with van der Waals surface area (Å²) in [5.41, 5.74) is -0.182. The van der Waals surface area contributed by atoms with Crippen molar-refractivity contribution in [1.29, 1.82) is 0 Å². The van der Waals surface area contributed by atoms with Crippen LogP contribution in [0.2, 0.25) is 0 Å². The molecule has 1 aromatic rings. The van der Waals surface area contributed by atoms with E-state index >= 15 is 0 Å². The molecular formula is C10H9BrN2O5. The van der Waals surface area contributed by atoms with Gasteiger partial charge in [0.15, 0.2) is 0 Å². The number of aliphatic carboxylic acids is 1. The highest BCUT2D eigenvalue weighted by Gasteiger charge is 2.19. The van der Waals surface area contributed by atoms with Crippen molar-refractivity contribution in [1.82, 2.24) is 4.90 Å². The van der Waals surface area contributed by atoms with Gasteiger partial charge in [0.2, 0.25) is 0 Å². The Kier molecular flexibility index (Phi) is 4.38. The van der Waals surface area contributed by atoms with E-state index in [0.29, 0.717) is 0 Å². The number of carboxylic acids is 1. The van der Waals surface area contributed by atoms with Gasteiger partial charge in [-0.3, -0.25) is 19.7 Å². The van der Waals surface area contributed by atoms with Crippen LogP contribution in [0.4, 0.5) is 5.69 Å². The van der Waals surface area contributed by atoms with E-state index in [2.05, 4.69) is 15.9 Å². The minimum Gasteiger partial charge on any atom is -0.480 e. The van der Waals surface area contributed by atoms with Gasteiger partial charge in [-0.05, 0) is 28.1 Å². The molecule has 0 heterocycles. The van der Waals surface area contributed by atoms with E-state index in [1.54, 1.807) is 0 Å². The second-order valence-electron chi connectivity index (χ2n) is 3.48. The maximum absolute atomic E-state index is 11.8. The predicted octanol–water partition coefficient (Wildman–Crippen LogP) is 1.51. The first kappa shape index (κ1) is 14.1. The molecule has 0 aliphatic heterocycles. The quantitative estimate of drug-likeness (QED) is 0.670. The second kappa shape index (κ2) is 5.58. The van der Waals surface area contributed by atoms with E-state index in [4.69, 9.17) is 5.11 Å². The Balaban J connectivity index is 3.03. The van der Waals surface area contributed by atoms with Gasteiger partial charge in [-0.2, -0.15) is 0 Å². The van der Waals surface area contributed by atoms with Crippen molar-refractivity contribution in [3.8, 4) is 0 Å². The van der Waals surface area contributed by atoms with Gasteiger partial charge in [-0.1, -0.05) is 0 Å². The summed E-state index contributed by atoms with van der Waals surface area (Å²) in [6.07, 6.45) is 0. The minimum atomic E-state index is -1.16. The summed E-state index contributed by atoms with van der Waals surface area (Å²) in [7, 11) is 1.31. The van der Waals surface area contributed by atoms with Crippen LogP contribution in [0.5, 0.6) is 0 Å². The highest BCUT2D eigenvalue weighted by atomic mass is 79.9. The van der Waals surface area contributed by atoms with E-state index in [-0.39, 0.29) is 15.7 Å². The number of amides is 1. The summed E-state index contributed by atoms with van der Waals surface area (Å²) in [5.74, 6) is -1.74. The molecule has 0 fully saturated rings. The molecule has 0 radical (unpaired) electrons. The van der Waals surface area contributed by atoms with Crippen LogP contribution in [-0.4, -0.2) is 40.4 Å². The lowest BCUT2D eigenvalue weighted by Crippen LogP contribution is -2.31. The number of nitrogens with zero attached hydrogens (tertiary/aromatic N) is 2. The summed E-state index contributed by atoms with van der Waals surface area (Å²) < 4.78 is 0.255. The molecule has 0 spiro atoms. The van der Waals surface area contributed by atoms with Gasteiger partial charge < -0.3 is 10.0 Å². The number of carboxylic acid groups (broad SMARTS) is 1. The van der Waals surface area contributed by atoms with Gasteiger partial charge >= 0.3 is 5.97 Å². The Labute approximate surface area is 110 Å². The van der Waals surface area contributed by atoms with Crippen molar-refractivity contribution >= 4 is 33.5 Å². The van der Waals surface area contributed by atoms with Crippen LogP contribution in [0.25, 0.3) is 0 Å². The molecule has 1 rings (SSSR count). The number of hydrogen-bond donors (Lipinski definition) is 1. The highest BCUT2D eigenvalue weighted by molar-refractivity contribution is 9.10. The first-order valence-corrected chi connectivity index (χ1v) is 5.53. The number of carbonyl (C=O) groups is 2. The Bertz CT molecular complexity index is 517. The predicted molar refractivity (Wildman–Crippen MR) is 65.4 cm³/mol. The summed E-state index contributed by atoms with van der Waals surface area (Å²) in [5, 5.41) is 19.3. The minimum absolute atomic E-state index is 0.0636. The van der Waals surface area contributed by atoms with Crippen molar-refractivity contribution in [2.45, 2.75) is 0 Å². The smallest absolute Gasteiger partial charge is 0.323 e. The standard InChI is InChI=1S/C10H9BrN2O5/c1-12(5-9(14)15)10(16)6-2-3-7(11)8(4-6)13(17)18/h2-4H,5H2,1H3,(H,14,15). The molecule has 1 aromatic carbocycles. The molecule has 1 amide bonds. The monoisotopic (exact) mass is 316 g/mol. The van der Waals surface area contributed by atoms with E-state index in [0.717, 1.165) is 11.0 Å². The maximum Gasteiger partial charge on any atom is 0.323 e. The van der Waals surface area contributed by atoms with Crippen LogP contribution < -0.4 is 0 Å². The third-order valence-corrected chi connectivity index (χ3v) is 2.78. The first-order chi connectivity index (χ1) is 8.32. The second-order valence-corrected chi connectivity index (χ2v) is 4.33. The first-order valence-electron chi connectivity index (χ1n) is 4.74. The normalized spacial score (nSPS) is 9.89. The van der Waals surface area contributed by atoms with Crippen LogP contribution >= 0.6 is 15.9 Å². The van der Waals surface area contributed by atoms with Crippen LogP contribution in [0.15, 0.2) is 22.7 Å². The van der Waals surface area contributed by atoms with Gasteiger partial charge in [-0.25, -0.2) is 0 Å². The summed E-state index contributed by atoms with van der Waals surface area (Å²) in [4.78, 5) is 33.3. The van der Waals surface area contributed by atoms with Gasteiger partial charge in [0.25, 0.3) is 11.6 Å². The zero-order chi connectivity index (χ0) is 13.9. The van der Waals surface area contributed by atoms with E-state index in [9.17, 15) is 19.7 Å². The topological polar surface area (TPSA) is 101 Å². The number of nitro groups is 1. The van der Waals surface area contributed by atoms with Crippen molar-refractivity contribution in [3.05, 3.63) is 38.3 Å². The fourth-order valence-electron chi connectivity index (χ4n) is 1.28. The fraction of sp³-hybridized carbons (Fsp3) is 0.200. The third-order valence-electron chi connectivity index (χ3n) is 2.11. The summed E-state index contributed by atoms with van der Waals surface area (Å²) in [6.45, 7) is -0.470. The van der Waals surface area contributed by atoms with Gasteiger partial charge in [0.05, 0.1) is 9.40 Å². The molecule has 0 saturated carbocycles. The Morgan fingerprint density at radius 1 is 1.50 bits per heavy atom. The molecular weight excluding hydrogens is 308 g/mol. The van der Waals surface area contributed by atoms with Gasteiger partial charge in [-0.15, -0.1) is 0 Å². The Morgan fingerprint density at radius 3 is 2.61 bits per heavy atom. The average molecular weight is 317 g/mol. The lowest BCUT2D eigenvalue weighted by atomic mass is 10.2. The number of hydrogen-bond acceptors (Lipinski definition) is 4. The molecule has 18 heavy (non-hydrogen) atoms.